The number of halogens is 2. The van der Waals surface area contributed by atoms with E-state index in [1.54, 1.807) is 18.2 Å². The first-order valence-electron chi connectivity index (χ1n) is 7.80. The molecule has 2 aromatic heterocycles. The number of nitrogens with one attached hydrogen (secondary N) is 3. The van der Waals surface area contributed by atoms with Crippen LogP contribution in [0.5, 0.6) is 0 Å². The standard InChI is InChI=1S/C17H14Cl2N4O4/c1-8(24)27-7-9-5-21-15-14(16(25)23-17(26)22-15)11(9)6-20-10-2-3-12(18)13(19)4-10/h2-5,20H,6-7H2,1H3,(H2,21,22,23,25,26). The average Bonchev–Trinajstić information content (AvgIpc) is 2.60. The summed E-state index contributed by atoms with van der Waals surface area (Å²) in [4.78, 5) is 43.7. The quantitative estimate of drug-likeness (QED) is 0.558. The van der Waals surface area contributed by atoms with Gasteiger partial charge in [0.15, 0.2) is 0 Å². The molecule has 0 amide bonds. The first-order chi connectivity index (χ1) is 12.8. The Labute approximate surface area is 162 Å². The van der Waals surface area contributed by atoms with Gasteiger partial charge in [0, 0.05) is 30.9 Å². The number of H-pyrrole nitrogens is 2. The third kappa shape index (κ3) is 4.29. The number of aromatic nitrogens is 3. The van der Waals surface area contributed by atoms with E-state index in [9.17, 15) is 14.4 Å². The van der Waals surface area contributed by atoms with E-state index in [0.717, 1.165) is 0 Å². The van der Waals surface area contributed by atoms with Gasteiger partial charge in [0.25, 0.3) is 5.56 Å². The van der Waals surface area contributed by atoms with Crippen molar-refractivity contribution in [3.8, 4) is 0 Å². The number of benzene rings is 1. The van der Waals surface area contributed by atoms with Crippen LogP contribution in [0.15, 0.2) is 34.0 Å². The molecule has 0 radical (unpaired) electrons. The van der Waals surface area contributed by atoms with Gasteiger partial charge in [0.05, 0.1) is 15.4 Å². The second-order valence-corrected chi connectivity index (χ2v) is 6.47. The molecule has 2 heterocycles. The van der Waals surface area contributed by atoms with Crippen molar-refractivity contribution in [2.75, 3.05) is 5.32 Å². The van der Waals surface area contributed by atoms with Crippen LogP contribution in [-0.4, -0.2) is 20.9 Å². The summed E-state index contributed by atoms with van der Waals surface area (Å²) < 4.78 is 5.04. The molecule has 3 rings (SSSR count). The Morgan fingerprint density at radius 2 is 2.00 bits per heavy atom. The van der Waals surface area contributed by atoms with Crippen LogP contribution in [-0.2, 0) is 22.7 Å². The van der Waals surface area contributed by atoms with Gasteiger partial charge in [0.1, 0.15) is 12.3 Å². The lowest BCUT2D eigenvalue weighted by atomic mass is 10.1. The van der Waals surface area contributed by atoms with Crippen molar-refractivity contribution in [2.45, 2.75) is 20.1 Å². The molecule has 0 saturated heterocycles. The summed E-state index contributed by atoms with van der Waals surface area (Å²) in [6.07, 6.45) is 1.45. The number of ether oxygens (including phenoxy) is 1. The predicted molar refractivity (Wildman–Crippen MR) is 102 cm³/mol. The minimum Gasteiger partial charge on any atom is -0.461 e. The molecule has 0 aliphatic rings. The normalized spacial score (nSPS) is 10.8. The summed E-state index contributed by atoms with van der Waals surface area (Å²) >= 11 is 11.9. The number of rotatable bonds is 5. The fraction of sp³-hybridized carbons (Fsp3) is 0.176. The molecule has 140 valence electrons. The second kappa shape index (κ2) is 7.81. The van der Waals surface area contributed by atoms with E-state index in [1.807, 2.05) is 0 Å². The van der Waals surface area contributed by atoms with Crippen molar-refractivity contribution in [3.05, 3.63) is 66.4 Å². The molecule has 1 aromatic carbocycles. The van der Waals surface area contributed by atoms with Crippen molar-refractivity contribution in [2.24, 2.45) is 0 Å². The van der Waals surface area contributed by atoms with E-state index >= 15 is 0 Å². The minimum absolute atomic E-state index is 0.0603. The summed E-state index contributed by atoms with van der Waals surface area (Å²) in [7, 11) is 0. The van der Waals surface area contributed by atoms with Gasteiger partial charge >= 0.3 is 11.7 Å². The molecule has 0 spiro atoms. The molecular formula is C17H14Cl2N4O4. The molecular weight excluding hydrogens is 395 g/mol. The smallest absolute Gasteiger partial charge is 0.327 e. The van der Waals surface area contributed by atoms with Crippen LogP contribution < -0.4 is 16.6 Å². The highest BCUT2D eigenvalue weighted by molar-refractivity contribution is 6.42. The number of carbonyl (C=O) groups excluding carboxylic acids is 1. The Bertz CT molecular complexity index is 1140. The fourth-order valence-corrected chi connectivity index (χ4v) is 2.83. The van der Waals surface area contributed by atoms with Crippen molar-refractivity contribution >= 4 is 45.9 Å². The summed E-state index contributed by atoms with van der Waals surface area (Å²) in [6.45, 7) is 1.42. The van der Waals surface area contributed by atoms with Crippen molar-refractivity contribution in [1.29, 1.82) is 0 Å². The van der Waals surface area contributed by atoms with Gasteiger partial charge in [-0.1, -0.05) is 23.2 Å². The predicted octanol–water partition coefficient (Wildman–Crippen LogP) is 2.59. The van der Waals surface area contributed by atoms with Crippen molar-refractivity contribution < 1.29 is 9.53 Å². The molecule has 0 aliphatic heterocycles. The summed E-state index contributed by atoms with van der Waals surface area (Å²) in [5, 5.41) is 4.13. The molecule has 3 N–H and O–H groups in total. The van der Waals surface area contributed by atoms with Crippen LogP contribution >= 0.6 is 23.2 Å². The SMILES string of the molecule is CC(=O)OCc1cnc2[nH]c(=O)[nH]c(=O)c2c1CNc1ccc(Cl)c(Cl)c1. The first kappa shape index (κ1) is 18.9. The number of hydrogen-bond donors (Lipinski definition) is 3. The number of esters is 1. The molecule has 0 saturated carbocycles. The van der Waals surface area contributed by atoms with Gasteiger partial charge in [-0.15, -0.1) is 0 Å². The third-order valence-electron chi connectivity index (χ3n) is 3.78. The largest absolute Gasteiger partial charge is 0.461 e. The molecule has 8 nitrogen and oxygen atoms in total. The molecule has 0 atom stereocenters. The zero-order valence-electron chi connectivity index (χ0n) is 14.1. The highest BCUT2D eigenvalue weighted by Crippen LogP contribution is 2.26. The lowest BCUT2D eigenvalue weighted by molar-refractivity contribution is -0.142. The van der Waals surface area contributed by atoms with Gasteiger partial charge in [-0.05, 0) is 23.8 Å². The Morgan fingerprint density at radius 3 is 2.70 bits per heavy atom. The Kier molecular flexibility index (Phi) is 5.48. The molecule has 3 aromatic rings. The van der Waals surface area contributed by atoms with E-state index in [0.29, 0.717) is 26.9 Å². The summed E-state index contributed by atoms with van der Waals surface area (Å²) in [5.41, 5.74) is 0.635. The highest BCUT2D eigenvalue weighted by Gasteiger charge is 2.14. The Balaban J connectivity index is 2.04. The lowest BCUT2D eigenvalue weighted by Gasteiger charge is -2.14. The zero-order chi connectivity index (χ0) is 19.6. The first-order valence-corrected chi connectivity index (χ1v) is 8.56. The van der Waals surface area contributed by atoms with Crippen LogP contribution in [0.4, 0.5) is 5.69 Å². The summed E-state index contributed by atoms with van der Waals surface area (Å²) in [6, 6.07) is 5.02. The average molecular weight is 409 g/mol. The Morgan fingerprint density at radius 1 is 1.22 bits per heavy atom. The van der Waals surface area contributed by atoms with E-state index < -0.39 is 17.2 Å². The van der Waals surface area contributed by atoms with Gasteiger partial charge in [-0.25, -0.2) is 9.78 Å². The van der Waals surface area contributed by atoms with E-state index in [-0.39, 0.29) is 24.2 Å². The minimum atomic E-state index is -0.656. The fourth-order valence-electron chi connectivity index (χ4n) is 2.53. The zero-order valence-corrected chi connectivity index (χ0v) is 15.6. The number of carbonyl (C=O) groups is 1. The van der Waals surface area contributed by atoms with E-state index in [1.165, 1.54) is 13.1 Å². The van der Waals surface area contributed by atoms with Crippen LogP contribution in [0.1, 0.15) is 18.1 Å². The topological polar surface area (TPSA) is 117 Å². The molecule has 0 unspecified atom stereocenters. The van der Waals surface area contributed by atoms with Crippen molar-refractivity contribution in [3.63, 3.8) is 0 Å². The van der Waals surface area contributed by atoms with Crippen LogP contribution in [0, 0.1) is 0 Å². The third-order valence-corrected chi connectivity index (χ3v) is 4.52. The number of pyridine rings is 1. The maximum absolute atomic E-state index is 12.3. The summed E-state index contributed by atoms with van der Waals surface area (Å²) in [5.74, 6) is -0.464. The van der Waals surface area contributed by atoms with Gasteiger partial charge in [-0.2, -0.15) is 0 Å². The molecule has 0 bridgehead atoms. The van der Waals surface area contributed by atoms with Gasteiger partial charge in [0.2, 0.25) is 0 Å². The van der Waals surface area contributed by atoms with Crippen LogP contribution in [0.3, 0.4) is 0 Å². The number of anilines is 1. The maximum Gasteiger partial charge on any atom is 0.327 e. The number of aromatic amines is 2. The second-order valence-electron chi connectivity index (χ2n) is 5.66. The van der Waals surface area contributed by atoms with Gasteiger partial charge in [-0.3, -0.25) is 19.6 Å². The number of hydrogen-bond acceptors (Lipinski definition) is 6. The van der Waals surface area contributed by atoms with Crippen LogP contribution in [0.2, 0.25) is 10.0 Å². The van der Waals surface area contributed by atoms with Crippen molar-refractivity contribution in [1.82, 2.24) is 15.0 Å². The number of fused-ring (bicyclic) bond motifs is 1. The number of nitrogens with zero attached hydrogens (tertiary/aromatic N) is 1. The Hall–Kier alpha value is -2.84. The van der Waals surface area contributed by atoms with Crippen LogP contribution in [0.25, 0.3) is 11.0 Å². The highest BCUT2D eigenvalue weighted by atomic mass is 35.5. The lowest BCUT2D eigenvalue weighted by Crippen LogP contribution is -2.24. The molecule has 10 heteroatoms. The monoisotopic (exact) mass is 408 g/mol. The molecule has 27 heavy (non-hydrogen) atoms. The van der Waals surface area contributed by atoms with E-state index in [2.05, 4.69) is 20.3 Å². The van der Waals surface area contributed by atoms with E-state index in [4.69, 9.17) is 27.9 Å². The molecule has 0 fully saturated rings. The van der Waals surface area contributed by atoms with Gasteiger partial charge < -0.3 is 10.1 Å². The maximum atomic E-state index is 12.3. The molecule has 0 aliphatic carbocycles.